The van der Waals surface area contributed by atoms with Gasteiger partial charge in [0.25, 0.3) is 5.69 Å². The van der Waals surface area contributed by atoms with Gasteiger partial charge in [-0.2, -0.15) is 4.31 Å². The van der Waals surface area contributed by atoms with Crippen LogP contribution in [0.3, 0.4) is 0 Å². The van der Waals surface area contributed by atoms with E-state index in [2.05, 4.69) is 0 Å². The molecule has 0 amide bonds. The third kappa shape index (κ3) is 3.16. The van der Waals surface area contributed by atoms with E-state index < -0.39 is 21.0 Å². The van der Waals surface area contributed by atoms with Gasteiger partial charge in [0.1, 0.15) is 0 Å². The number of nitro benzene ring substituents is 1. The van der Waals surface area contributed by atoms with Crippen molar-refractivity contribution in [1.82, 2.24) is 4.31 Å². The molecule has 27 heavy (non-hydrogen) atoms. The summed E-state index contributed by atoms with van der Waals surface area (Å²) in [6.07, 6.45) is 0.655. The summed E-state index contributed by atoms with van der Waals surface area (Å²) in [5.74, 6) is 0. The topological polar surface area (TPSA) is 80.5 Å². The summed E-state index contributed by atoms with van der Waals surface area (Å²) in [4.78, 5) is 11.6. The normalized spacial score (nSPS) is 17.4. The molecule has 2 aromatic carbocycles. The van der Waals surface area contributed by atoms with Gasteiger partial charge >= 0.3 is 0 Å². The van der Waals surface area contributed by atoms with Crippen LogP contribution in [0, 0.1) is 10.1 Å². The lowest BCUT2D eigenvalue weighted by Gasteiger charge is -2.35. The van der Waals surface area contributed by atoms with Crippen LogP contribution in [-0.2, 0) is 16.4 Å². The van der Waals surface area contributed by atoms with Gasteiger partial charge < -0.3 is 0 Å². The maximum atomic E-state index is 13.3. The number of benzene rings is 2. The van der Waals surface area contributed by atoms with Crippen LogP contribution >= 0.6 is 11.3 Å². The monoisotopic (exact) mass is 400 g/mol. The fraction of sp³-hybridized carbons (Fsp3) is 0.158. The van der Waals surface area contributed by atoms with E-state index in [0.717, 1.165) is 11.1 Å². The highest BCUT2D eigenvalue weighted by atomic mass is 32.2. The first-order chi connectivity index (χ1) is 13.0. The molecular formula is C19H16N2O4S2. The van der Waals surface area contributed by atoms with Gasteiger partial charge in [0.15, 0.2) is 0 Å². The van der Waals surface area contributed by atoms with Crippen LogP contribution in [0.2, 0.25) is 0 Å². The van der Waals surface area contributed by atoms with Crippen LogP contribution in [0.15, 0.2) is 70.9 Å². The molecule has 0 fully saturated rings. The fourth-order valence-electron chi connectivity index (χ4n) is 3.41. The van der Waals surface area contributed by atoms with Crippen LogP contribution in [0.1, 0.15) is 22.0 Å². The minimum Gasteiger partial charge on any atom is -0.258 e. The molecule has 6 nitrogen and oxygen atoms in total. The van der Waals surface area contributed by atoms with Crippen molar-refractivity contribution < 1.29 is 13.3 Å². The third-order valence-electron chi connectivity index (χ3n) is 4.69. The van der Waals surface area contributed by atoms with Crippen molar-refractivity contribution in [2.45, 2.75) is 17.4 Å². The molecule has 1 aliphatic heterocycles. The van der Waals surface area contributed by atoms with Crippen LogP contribution < -0.4 is 0 Å². The molecule has 3 aromatic rings. The lowest BCUT2D eigenvalue weighted by molar-refractivity contribution is -0.384. The predicted molar refractivity (Wildman–Crippen MR) is 103 cm³/mol. The summed E-state index contributed by atoms with van der Waals surface area (Å²) in [5.41, 5.74) is 1.78. The van der Waals surface area contributed by atoms with Crippen molar-refractivity contribution in [3.8, 4) is 0 Å². The minimum atomic E-state index is -3.81. The van der Waals surface area contributed by atoms with Gasteiger partial charge in [-0.3, -0.25) is 10.1 Å². The summed E-state index contributed by atoms with van der Waals surface area (Å²) in [7, 11) is -3.81. The Morgan fingerprint density at radius 3 is 2.41 bits per heavy atom. The molecule has 0 saturated carbocycles. The molecular weight excluding hydrogens is 384 g/mol. The number of hydrogen-bond donors (Lipinski definition) is 0. The number of nitro groups is 1. The summed E-state index contributed by atoms with van der Waals surface area (Å²) < 4.78 is 28.2. The van der Waals surface area contributed by atoms with E-state index >= 15 is 0 Å². The fourth-order valence-corrected chi connectivity index (χ4v) is 5.91. The highest BCUT2D eigenvalue weighted by Gasteiger charge is 2.38. The van der Waals surface area contributed by atoms with Crippen molar-refractivity contribution in [3.05, 3.63) is 92.2 Å². The average molecular weight is 400 g/mol. The highest BCUT2D eigenvalue weighted by molar-refractivity contribution is 7.89. The van der Waals surface area contributed by atoms with Gasteiger partial charge in [0.05, 0.1) is 15.9 Å². The molecule has 0 spiro atoms. The molecule has 1 unspecified atom stereocenters. The molecule has 1 atom stereocenters. The molecule has 0 radical (unpaired) electrons. The Hall–Kier alpha value is -2.55. The van der Waals surface area contributed by atoms with Crippen molar-refractivity contribution >= 4 is 27.0 Å². The Kier molecular flexibility index (Phi) is 4.55. The SMILES string of the molecule is O=[N+]([O-])c1ccc(S(=O)(=O)N2CCc3sccc3C2c2ccccc2)cc1. The quantitative estimate of drug-likeness (QED) is 0.490. The van der Waals surface area contributed by atoms with Crippen molar-refractivity contribution in [1.29, 1.82) is 0 Å². The summed E-state index contributed by atoms with van der Waals surface area (Å²) >= 11 is 1.64. The number of sulfonamides is 1. The molecule has 0 aliphatic carbocycles. The first kappa shape index (κ1) is 17.8. The number of rotatable bonds is 4. The van der Waals surface area contributed by atoms with Crippen LogP contribution in [0.4, 0.5) is 5.69 Å². The molecule has 138 valence electrons. The third-order valence-corrected chi connectivity index (χ3v) is 7.57. The zero-order valence-corrected chi connectivity index (χ0v) is 15.8. The van der Waals surface area contributed by atoms with Crippen LogP contribution in [0.5, 0.6) is 0 Å². The zero-order valence-electron chi connectivity index (χ0n) is 14.2. The van der Waals surface area contributed by atoms with E-state index in [0.29, 0.717) is 13.0 Å². The van der Waals surface area contributed by atoms with E-state index in [1.165, 1.54) is 33.4 Å². The van der Waals surface area contributed by atoms with Crippen molar-refractivity contribution in [2.75, 3.05) is 6.54 Å². The number of hydrogen-bond acceptors (Lipinski definition) is 5. The largest absolute Gasteiger partial charge is 0.269 e. The first-order valence-electron chi connectivity index (χ1n) is 8.36. The number of nitrogens with zero attached hydrogens (tertiary/aromatic N) is 2. The lowest BCUT2D eigenvalue weighted by Crippen LogP contribution is -2.40. The smallest absolute Gasteiger partial charge is 0.258 e. The summed E-state index contributed by atoms with van der Waals surface area (Å²) in [6, 6.07) is 16.2. The van der Waals surface area contributed by atoms with Gasteiger partial charge in [-0.15, -0.1) is 11.3 Å². The second-order valence-electron chi connectivity index (χ2n) is 6.23. The van der Waals surface area contributed by atoms with Crippen molar-refractivity contribution in [2.24, 2.45) is 0 Å². The van der Waals surface area contributed by atoms with E-state index in [1.807, 2.05) is 41.8 Å². The Morgan fingerprint density at radius 2 is 1.74 bits per heavy atom. The van der Waals surface area contributed by atoms with Crippen LogP contribution in [-0.4, -0.2) is 24.2 Å². The van der Waals surface area contributed by atoms with Crippen LogP contribution in [0.25, 0.3) is 0 Å². The number of fused-ring (bicyclic) bond motifs is 1. The summed E-state index contributed by atoms with van der Waals surface area (Å²) in [5, 5.41) is 12.8. The Bertz CT molecular complexity index is 1080. The Balaban J connectivity index is 1.80. The highest BCUT2D eigenvalue weighted by Crippen LogP contribution is 2.40. The summed E-state index contributed by atoms with van der Waals surface area (Å²) in [6.45, 7) is 0.367. The van der Waals surface area contributed by atoms with Gasteiger partial charge in [0, 0.05) is 23.6 Å². The predicted octanol–water partition coefficient (Wildman–Crippen LogP) is 3.99. The van der Waals surface area contributed by atoms with Gasteiger partial charge in [-0.1, -0.05) is 30.3 Å². The maximum Gasteiger partial charge on any atom is 0.269 e. The van der Waals surface area contributed by atoms with Gasteiger partial charge in [-0.05, 0) is 41.1 Å². The molecule has 0 saturated heterocycles. The molecule has 2 heterocycles. The van der Waals surface area contributed by atoms with E-state index in [9.17, 15) is 18.5 Å². The van der Waals surface area contributed by atoms with Gasteiger partial charge in [0.2, 0.25) is 10.0 Å². The zero-order chi connectivity index (χ0) is 19.0. The molecule has 4 rings (SSSR count). The van der Waals surface area contributed by atoms with E-state index in [4.69, 9.17) is 0 Å². The number of thiophene rings is 1. The Labute approximate surface area is 160 Å². The molecule has 8 heteroatoms. The Morgan fingerprint density at radius 1 is 1.04 bits per heavy atom. The molecule has 0 N–H and O–H groups in total. The first-order valence-corrected chi connectivity index (χ1v) is 10.7. The second kappa shape index (κ2) is 6.88. The average Bonchev–Trinajstić information content (AvgIpc) is 3.16. The van der Waals surface area contributed by atoms with E-state index in [-0.39, 0.29) is 10.6 Å². The molecule has 0 bridgehead atoms. The second-order valence-corrected chi connectivity index (χ2v) is 9.12. The number of non-ortho nitro benzene ring substituents is 1. The standard InChI is InChI=1S/C19H16N2O4S2/c22-21(23)15-6-8-16(9-7-15)27(24,25)20-12-10-18-17(11-13-26-18)19(20)14-4-2-1-3-5-14/h1-9,11,13,19H,10,12H2. The minimum absolute atomic E-state index is 0.0627. The maximum absolute atomic E-state index is 13.3. The lowest BCUT2D eigenvalue weighted by atomic mass is 9.95. The molecule has 1 aliphatic rings. The van der Waals surface area contributed by atoms with Gasteiger partial charge in [-0.25, -0.2) is 8.42 Å². The van der Waals surface area contributed by atoms with Crippen molar-refractivity contribution in [3.63, 3.8) is 0 Å². The molecule has 1 aromatic heterocycles. The van der Waals surface area contributed by atoms with E-state index in [1.54, 1.807) is 11.3 Å².